The highest BCUT2D eigenvalue weighted by atomic mass is 19.4. The quantitative estimate of drug-likeness (QED) is 0.436. The van der Waals surface area contributed by atoms with Gasteiger partial charge in [0.1, 0.15) is 6.67 Å². The Labute approximate surface area is 43.7 Å². The van der Waals surface area contributed by atoms with Crippen molar-refractivity contribution in [1.82, 2.24) is 5.32 Å². The van der Waals surface area contributed by atoms with Crippen LogP contribution in [0.15, 0.2) is 0 Å². The summed E-state index contributed by atoms with van der Waals surface area (Å²) in [5.74, 6) is 0. The minimum Gasteiger partial charge on any atom is -0.250 e. The van der Waals surface area contributed by atoms with Gasteiger partial charge in [0, 0.05) is 6.54 Å². The molecule has 8 heavy (non-hydrogen) atoms. The molecule has 0 aromatic heterocycles. The van der Waals surface area contributed by atoms with E-state index < -0.39 is 19.5 Å². The molecule has 0 spiro atoms. The number of hydrogen-bond acceptors (Lipinski definition) is 1. The molecule has 50 valence electrons. The number of halogens is 4. The zero-order valence-corrected chi connectivity index (χ0v) is 3.93. The van der Waals surface area contributed by atoms with Crippen molar-refractivity contribution < 1.29 is 17.6 Å². The number of alkyl halides is 4. The van der Waals surface area contributed by atoms with E-state index in [2.05, 4.69) is 0 Å². The molecule has 0 fully saturated rings. The van der Waals surface area contributed by atoms with Gasteiger partial charge in [0.2, 0.25) is 0 Å². The maximum atomic E-state index is 11.0. The van der Waals surface area contributed by atoms with Crippen LogP contribution in [0.25, 0.3) is 0 Å². The highest BCUT2D eigenvalue weighted by Crippen LogP contribution is 2.07. The summed E-state index contributed by atoms with van der Waals surface area (Å²) < 4.78 is 43.9. The zero-order valence-electron chi connectivity index (χ0n) is 3.93. The van der Waals surface area contributed by atoms with Crippen LogP contribution in [-0.4, -0.2) is 19.5 Å². The number of rotatable bonds is 2. The molecule has 5 heteroatoms. The van der Waals surface area contributed by atoms with Crippen molar-refractivity contribution in [2.75, 3.05) is 13.2 Å². The van der Waals surface area contributed by atoms with Crippen molar-refractivity contribution >= 4 is 0 Å². The fraction of sp³-hybridized carbons (Fsp3) is 1.00. The van der Waals surface area contributed by atoms with Crippen molar-refractivity contribution in [3.63, 3.8) is 0 Å². The minimum atomic E-state index is -4.44. The van der Waals surface area contributed by atoms with Gasteiger partial charge in [0.05, 0.1) is 0 Å². The Morgan fingerprint density at radius 2 is 1.75 bits per heavy atom. The molecule has 1 N–H and O–H groups in total. The van der Waals surface area contributed by atoms with Crippen LogP contribution in [0.2, 0.25) is 0 Å². The van der Waals surface area contributed by atoms with E-state index >= 15 is 0 Å². The smallest absolute Gasteiger partial charge is 0.250 e. The third kappa shape index (κ3) is 5.68. The summed E-state index contributed by atoms with van der Waals surface area (Å²) in [6.07, 6.45) is -4.44. The Morgan fingerprint density at radius 3 is 1.88 bits per heavy atom. The van der Waals surface area contributed by atoms with Gasteiger partial charge in [-0.1, -0.05) is 0 Å². The average molecular weight is 131 g/mol. The van der Waals surface area contributed by atoms with Gasteiger partial charge >= 0.3 is 6.30 Å². The van der Waals surface area contributed by atoms with Gasteiger partial charge in [-0.15, -0.1) is 0 Å². The molecule has 0 heterocycles. The van der Waals surface area contributed by atoms with E-state index in [9.17, 15) is 17.6 Å². The van der Waals surface area contributed by atoms with Crippen LogP contribution >= 0.6 is 0 Å². The molecule has 0 aliphatic heterocycles. The van der Waals surface area contributed by atoms with Crippen molar-refractivity contribution in [3.05, 3.63) is 0 Å². The maximum absolute atomic E-state index is 11.0. The first kappa shape index (κ1) is 7.68. The van der Waals surface area contributed by atoms with E-state index in [4.69, 9.17) is 0 Å². The van der Waals surface area contributed by atoms with Gasteiger partial charge in [-0.2, -0.15) is 13.2 Å². The van der Waals surface area contributed by atoms with Crippen LogP contribution in [0, 0.1) is 0 Å². The first-order valence-corrected chi connectivity index (χ1v) is 1.94. The molecule has 0 aliphatic carbocycles. The van der Waals surface area contributed by atoms with Crippen LogP contribution in [0.1, 0.15) is 0 Å². The molecule has 0 saturated carbocycles. The molecule has 0 aromatic carbocycles. The molecule has 0 aliphatic rings. The monoisotopic (exact) mass is 131 g/mol. The predicted octanol–water partition coefficient (Wildman–Crippen LogP) is 1.07. The fourth-order valence-corrected chi connectivity index (χ4v) is 0.189. The van der Waals surface area contributed by atoms with Gasteiger partial charge in [0.25, 0.3) is 0 Å². The van der Waals surface area contributed by atoms with Gasteiger partial charge < -0.3 is 0 Å². The molecule has 1 nitrogen and oxygen atoms in total. The van der Waals surface area contributed by atoms with Gasteiger partial charge in [-0.3, -0.25) is 0 Å². The summed E-state index contributed by atoms with van der Waals surface area (Å²) in [6.45, 7) is -1.66. The van der Waals surface area contributed by atoms with E-state index in [0.29, 0.717) is 0 Å². The normalized spacial score (nSPS) is 12.0. The van der Waals surface area contributed by atoms with Gasteiger partial charge in [-0.25, -0.2) is 9.71 Å². The lowest BCUT2D eigenvalue weighted by Crippen LogP contribution is -2.32. The molecule has 0 aromatic rings. The Hall–Kier alpha value is -0.320. The third-order valence-corrected chi connectivity index (χ3v) is 0.420. The van der Waals surface area contributed by atoms with Crippen molar-refractivity contribution in [3.8, 4) is 0 Å². The van der Waals surface area contributed by atoms with E-state index in [0.717, 1.165) is 5.32 Å². The molecular weight excluding hydrogens is 126 g/mol. The maximum Gasteiger partial charge on any atom is 0.457 e. The first-order chi connectivity index (χ1) is 3.56. The molecule has 0 atom stereocenters. The van der Waals surface area contributed by atoms with Gasteiger partial charge in [0.15, 0.2) is 0 Å². The average Bonchev–Trinajstić information content (AvgIpc) is 1.59. The zero-order chi connectivity index (χ0) is 6.62. The summed E-state index contributed by atoms with van der Waals surface area (Å²) in [5, 5.41) is 0.997. The summed E-state index contributed by atoms with van der Waals surface area (Å²) in [6, 6.07) is 0. The van der Waals surface area contributed by atoms with Crippen LogP contribution < -0.4 is 5.32 Å². The highest BCUT2D eigenvalue weighted by molar-refractivity contribution is 4.44. The number of hydrogen-bond donors (Lipinski definition) is 1. The summed E-state index contributed by atoms with van der Waals surface area (Å²) in [5.41, 5.74) is 0. The van der Waals surface area contributed by atoms with E-state index in [1.54, 1.807) is 0 Å². The number of nitrogens with one attached hydrogen (secondary N) is 1. The molecule has 0 rings (SSSR count). The second kappa shape index (κ2) is 2.86. The van der Waals surface area contributed by atoms with E-state index in [1.165, 1.54) is 0 Å². The van der Waals surface area contributed by atoms with Crippen LogP contribution in [0.4, 0.5) is 17.6 Å². The molecule has 0 amide bonds. The predicted molar refractivity (Wildman–Crippen MR) is 20.0 cm³/mol. The standard InChI is InChI=1S/C3H5F4N/c4-1-2-8-3(5,6)7/h8H,1-2H2. The van der Waals surface area contributed by atoms with Gasteiger partial charge in [-0.05, 0) is 0 Å². The largest absolute Gasteiger partial charge is 0.457 e. The highest BCUT2D eigenvalue weighted by Gasteiger charge is 2.25. The third-order valence-electron chi connectivity index (χ3n) is 0.420. The molecule has 0 saturated heterocycles. The van der Waals surface area contributed by atoms with Crippen LogP contribution in [0.3, 0.4) is 0 Å². The van der Waals surface area contributed by atoms with Crippen molar-refractivity contribution in [1.29, 1.82) is 0 Å². The van der Waals surface area contributed by atoms with Crippen molar-refractivity contribution in [2.45, 2.75) is 6.30 Å². The lowest BCUT2D eigenvalue weighted by atomic mass is 10.7. The molecule has 0 bridgehead atoms. The Kier molecular flexibility index (Phi) is 2.75. The topological polar surface area (TPSA) is 12.0 Å². The molecule has 0 radical (unpaired) electrons. The lowest BCUT2D eigenvalue weighted by Gasteiger charge is -2.03. The minimum absolute atomic E-state index is 0.663. The molecule has 0 unspecified atom stereocenters. The molecular formula is C3H5F4N. The van der Waals surface area contributed by atoms with E-state index in [-0.39, 0.29) is 0 Å². The van der Waals surface area contributed by atoms with Crippen LogP contribution in [-0.2, 0) is 0 Å². The Morgan fingerprint density at radius 1 is 1.25 bits per heavy atom. The van der Waals surface area contributed by atoms with E-state index in [1.807, 2.05) is 0 Å². The Bertz CT molecular complexity index is 58.8. The van der Waals surface area contributed by atoms with Crippen molar-refractivity contribution in [2.24, 2.45) is 0 Å². The SMILES string of the molecule is FCCNC(F)(F)F. The summed E-state index contributed by atoms with van der Waals surface area (Å²) >= 11 is 0. The second-order valence-electron chi connectivity index (χ2n) is 1.11. The summed E-state index contributed by atoms with van der Waals surface area (Å²) in [4.78, 5) is 0. The van der Waals surface area contributed by atoms with Crippen LogP contribution in [0.5, 0.6) is 0 Å². The Balaban J connectivity index is 3.11. The second-order valence-corrected chi connectivity index (χ2v) is 1.11. The summed E-state index contributed by atoms with van der Waals surface area (Å²) in [7, 11) is 0. The lowest BCUT2D eigenvalue weighted by molar-refractivity contribution is -0.157. The first-order valence-electron chi connectivity index (χ1n) is 1.94. The fourth-order valence-electron chi connectivity index (χ4n) is 0.189.